The topological polar surface area (TPSA) is 50.2 Å². The zero-order chi connectivity index (χ0) is 11.0. The fourth-order valence-corrected chi connectivity index (χ4v) is 1.47. The summed E-state index contributed by atoms with van der Waals surface area (Å²) >= 11 is 0. The van der Waals surface area contributed by atoms with Crippen molar-refractivity contribution in [1.29, 1.82) is 5.41 Å². The first-order chi connectivity index (χ1) is 6.60. The van der Waals surface area contributed by atoms with Crippen LogP contribution in [0.3, 0.4) is 0 Å². The molecule has 0 unspecified atom stereocenters. The lowest BCUT2D eigenvalue weighted by molar-refractivity contribution is -0.141. The molecule has 0 aromatic rings. The first-order valence-corrected chi connectivity index (χ1v) is 5.32. The van der Waals surface area contributed by atoms with Gasteiger partial charge in [0.05, 0.1) is 13.0 Å². The smallest absolute Gasteiger partial charge is 0.311 e. The summed E-state index contributed by atoms with van der Waals surface area (Å²) in [5.74, 6) is 0.225. The minimum absolute atomic E-state index is 0.155. The van der Waals surface area contributed by atoms with Gasteiger partial charge in [0.1, 0.15) is 0 Å². The molecule has 0 heterocycles. The molecule has 0 fully saturated rings. The van der Waals surface area contributed by atoms with E-state index < -0.39 is 0 Å². The van der Waals surface area contributed by atoms with Crippen LogP contribution in [0.2, 0.25) is 0 Å². The number of ether oxygens (including phenoxy) is 1. The highest BCUT2D eigenvalue weighted by Crippen LogP contribution is 2.11. The molecule has 3 heteroatoms. The third-order valence-electron chi connectivity index (χ3n) is 2.04. The SMILES string of the molecule is CCC[C@@H](C)CC(=N)CC(=O)OCC. The van der Waals surface area contributed by atoms with Gasteiger partial charge in [-0.25, -0.2) is 0 Å². The maximum absolute atomic E-state index is 11.0. The van der Waals surface area contributed by atoms with Crippen molar-refractivity contribution in [3.05, 3.63) is 0 Å². The highest BCUT2D eigenvalue weighted by atomic mass is 16.5. The highest BCUT2D eigenvalue weighted by Gasteiger charge is 2.10. The highest BCUT2D eigenvalue weighted by molar-refractivity contribution is 5.97. The lowest BCUT2D eigenvalue weighted by Crippen LogP contribution is -2.13. The Bertz CT molecular complexity index is 190. The zero-order valence-electron chi connectivity index (χ0n) is 9.43. The summed E-state index contributed by atoms with van der Waals surface area (Å²) in [6.45, 7) is 6.42. The summed E-state index contributed by atoms with van der Waals surface area (Å²) < 4.78 is 4.77. The fourth-order valence-electron chi connectivity index (χ4n) is 1.47. The van der Waals surface area contributed by atoms with Gasteiger partial charge in [-0.2, -0.15) is 0 Å². The van der Waals surface area contributed by atoms with Crippen LogP contribution < -0.4 is 0 Å². The second kappa shape index (κ2) is 7.54. The molecule has 3 nitrogen and oxygen atoms in total. The van der Waals surface area contributed by atoms with E-state index in [0.717, 1.165) is 12.8 Å². The lowest BCUT2D eigenvalue weighted by Gasteiger charge is -2.10. The van der Waals surface area contributed by atoms with Crippen LogP contribution in [-0.2, 0) is 9.53 Å². The Morgan fingerprint density at radius 2 is 2.07 bits per heavy atom. The predicted octanol–water partition coefficient (Wildman–Crippen LogP) is 2.79. The Morgan fingerprint density at radius 1 is 1.43 bits per heavy atom. The van der Waals surface area contributed by atoms with Gasteiger partial charge in [0.25, 0.3) is 0 Å². The number of carbonyl (C=O) groups excluding carboxylic acids is 1. The van der Waals surface area contributed by atoms with Crippen LogP contribution in [0.25, 0.3) is 0 Å². The molecule has 0 aromatic heterocycles. The molecule has 0 amide bonds. The average molecular weight is 199 g/mol. The molecule has 0 rings (SSSR count). The van der Waals surface area contributed by atoms with Gasteiger partial charge in [-0.05, 0) is 19.3 Å². The summed E-state index contributed by atoms with van der Waals surface area (Å²) in [6, 6.07) is 0. The van der Waals surface area contributed by atoms with Crippen LogP contribution >= 0.6 is 0 Å². The zero-order valence-corrected chi connectivity index (χ0v) is 9.43. The molecular weight excluding hydrogens is 178 g/mol. The second-order valence-electron chi connectivity index (χ2n) is 3.68. The van der Waals surface area contributed by atoms with Gasteiger partial charge in [0.2, 0.25) is 0 Å². The number of nitrogens with one attached hydrogen (secondary N) is 1. The molecule has 0 radical (unpaired) electrons. The third kappa shape index (κ3) is 6.63. The number of esters is 1. The summed E-state index contributed by atoms with van der Waals surface area (Å²) in [6.07, 6.45) is 3.12. The Hall–Kier alpha value is -0.860. The molecule has 1 N–H and O–H groups in total. The largest absolute Gasteiger partial charge is 0.466 e. The predicted molar refractivity (Wildman–Crippen MR) is 57.7 cm³/mol. The maximum atomic E-state index is 11.0. The summed E-state index contributed by atoms with van der Waals surface area (Å²) in [4.78, 5) is 11.0. The first kappa shape index (κ1) is 13.1. The average Bonchev–Trinajstić information content (AvgIpc) is 2.03. The van der Waals surface area contributed by atoms with E-state index in [2.05, 4.69) is 13.8 Å². The van der Waals surface area contributed by atoms with Gasteiger partial charge in [-0.15, -0.1) is 0 Å². The van der Waals surface area contributed by atoms with Gasteiger partial charge in [0.15, 0.2) is 0 Å². The van der Waals surface area contributed by atoms with Crippen LogP contribution in [-0.4, -0.2) is 18.3 Å². The quantitative estimate of drug-likeness (QED) is 0.506. The molecule has 0 aromatic carbocycles. The first-order valence-electron chi connectivity index (χ1n) is 5.32. The van der Waals surface area contributed by atoms with E-state index in [1.54, 1.807) is 6.92 Å². The molecular formula is C11H21NO2. The van der Waals surface area contributed by atoms with Crippen molar-refractivity contribution in [3.8, 4) is 0 Å². The molecule has 0 spiro atoms. The summed E-state index contributed by atoms with van der Waals surface area (Å²) in [5.41, 5.74) is 0.490. The van der Waals surface area contributed by atoms with E-state index in [4.69, 9.17) is 10.1 Å². The van der Waals surface area contributed by atoms with E-state index >= 15 is 0 Å². The minimum Gasteiger partial charge on any atom is -0.466 e. The normalized spacial score (nSPS) is 12.2. The monoisotopic (exact) mass is 199 g/mol. The molecule has 14 heavy (non-hydrogen) atoms. The van der Waals surface area contributed by atoms with Crippen molar-refractivity contribution in [3.63, 3.8) is 0 Å². The lowest BCUT2D eigenvalue weighted by atomic mass is 9.98. The van der Waals surface area contributed by atoms with Gasteiger partial charge in [-0.3, -0.25) is 4.79 Å². The van der Waals surface area contributed by atoms with E-state index in [0.29, 0.717) is 24.7 Å². The van der Waals surface area contributed by atoms with E-state index in [-0.39, 0.29) is 12.4 Å². The van der Waals surface area contributed by atoms with Crippen molar-refractivity contribution < 1.29 is 9.53 Å². The van der Waals surface area contributed by atoms with Gasteiger partial charge >= 0.3 is 5.97 Å². The van der Waals surface area contributed by atoms with E-state index in [1.165, 1.54) is 0 Å². The molecule has 0 aliphatic carbocycles. The van der Waals surface area contributed by atoms with Gasteiger partial charge < -0.3 is 10.1 Å². The van der Waals surface area contributed by atoms with Crippen LogP contribution in [0.4, 0.5) is 0 Å². The van der Waals surface area contributed by atoms with Crippen molar-refractivity contribution in [2.75, 3.05) is 6.61 Å². The Labute approximate surface area is 86.3 Å². The van der Waals surface area contributed by atoms with Crippen molar-refractivity contribution in [2.24, 2.45) is 5.92 Å². The van der Waals surface area contributed by atoms with E-state index in [1.807, 2.05) is 0 Å². The van der Waals surface area contributed by atoms with Gasteiger partial charge in [0, 0.05) is 5.71 Å². The molecule has 0 saturated heterocycles. The second-order valence-corrected chi connectivity index (χ2v) is 3.68. The van der Waals surface area contributed by atoms with Crippen LogP contribution in [0.15, 0.2) is 0 Å². The Kier molecular flexibility index (Phi) is 7.07. The molecule has 82 valence electrons. The minimum atomic E-state index is -0.277. The molecule has 0 aliphatic heterocycles. The third-order valence-corrected chi connectivity index (χ3v) is 2.04. The van der Waals surface area contributed by atoms with Crippen LogP contribution in [0.5, 0.6) is 0 Å². The van der Waals surface area contributed by atoms with Crippen molar-refractivity contribution in [1.82, 2.24) is 0 Å². The number of carbonyl (C=O) groups is 1. The van der Waals surface area contributed by atoms with E-state index in [9.17, 15) is 4.79 Å². The van der Waals surface area contributed by atoms with Crippen molar-refractivity contribution >= 4 is 11.7 Å². The Morgan fingerprint density at radius 3 is 2.57 bits per heavy atom. The van der Waals surface area contributed by atoms with Crippen LogP contribution in [0.1, 0.15) is 46.5 Å². The molecule has 1 atom stereocenters. The molecule has 0 aliphatic rings. The van der Waals surface area contributed by atoms with Gasteiger partial charge in [-0.1, -0.05) is 26.7 Å². The van der Waals surface area contributed by atoms with Crippen molar-refractivity contribution in [2.45, 2.75) is 46.5 Å². The number of hydrogen-bond donors (Lipinski definition) is 1. The fraction of sp³-hybridized carbons (Fsp3) is 0.818. The molecule has 0 saturated carbocycles. The number of rotatable bonds is 7. The van der Waals surface area contributed by atoms with Crippen LogP contribution in [0, 0.1) is 11.3 Å². The summed E-state index contributed by atoms with van der Waals surface area (Å²) in [7, 11) is 0. The number of hydrogen-bond acceptors (Lipinski definition) is 3. The summed E-state index contributed by atoms with van der Waals surface area (Å²) in [5, 5.41) is 7.61. The standard InChI is InChI=1S/C11H21NO2/c1-4-6-9(3)7-10(12)8-11(13)14-5-2/h9,12H,4-8H2,1-3H3/t9-/m1/s1. The maximum Gasteiger partial charge on any atom is 0.311 e. The molecule has 0 bridgehead atoms. The Balaban J connectivity index is 3.69.